The van der Waals surface area contributed by atoms with E-state index in [2.05, 4.69) is 22.8 Å². The average Bonchev–Trinajstić information content (AvgIpc) is 2.51. The molecule has 0 fully saturated rings. The molecule has 2 amide bonds. The minimum absolute atomic E-state index is 0.0338. The van der Waals surface area contributed by atoms with Crippen LogP contribution in [0.3, 0.4) is 0 Å². The first-order valence-electron chi connectivity index (χ1n) is 7.46. The van der Waals surface area contributed by atoms with E-state index in [0.29, 0.717) is 12.1 Å². The van der Waals surface area contributed by atoms with Crippen LogP contribution in [0, 0.1) is 12.8 Å². The number of nitrogens with one attached hydrogen (secondary N) is 2. The molecule has 1 atom stereocenters. The first kappa shape index (κ1) is 15.3. The SMILES string of the molecule is CCC(=O)Nc1ccc(C)c(NC(=O)C2CC=CCC2)c1. The zero-order chi connectivity index (χ0) is 15.2. The van der Waals surface area contributed by atoms with Gasteiger partial charge < -0.3 is 10.6 Å². The van der Waals surface area contributed by atoms with Gasteiger partial charge in [-0.3, -0.25) is 9.59 Å². The molecule has 2 N–H and O–H groups in total. The van der Waals surface area contributed by atoms with E-state index in [9.17, 15) is 9.59 Å². The van der Waals surface area contributed by atoms with Crippen LogP contribution in [0.4, 0.5) is 11.4 Å². The lowest BCUT2D eigenvalue weighted by Gasteiger charge is -2.18. The van der Waals surface area contributed by atoms with Crippen molar-refractivity contribution in [3.8, 4) is 0 Å². The predicted octanol–water partition coefficient (Wildman–Crippen LogP) is 3.64. The van der Waals surface area contributed by atoms with E-state index in [1.807, 2.05) is 32.0 Å². The molecular weight excluding hydrogens is 264 g/mol. The topological polar surface area (TPSA) is 58.2 Å². The van der Waals surface area contributed by atoms with E-state index in [1.165, 1.54) is 0 Å². The minimum Gasteiger partial charge on any atom is -0.326 e. The quantitative estimate of drug-likeness (QED) is 0.830. The summed E-state index contributed by atoms with van der Waals surface area (Å²) in [4.78, 5) is 23.7. The molecule has 0 spiro atoms. The lowest BCUT2D eigenvalue weighted by Crippen LogP contribution is -2.24. The van der Waals surface area contributed by atoms with Gasteiger partial charge >= 0.3 is 0 Å². The first-order valence-corrected chi connectivity index (χ1v) is 7.46. The second kappa shape index (κ2) is 7.07. The van der Waals surface area contributed by atoms with Crippen LogP contribution in [0.2, 0.25) is 0 Å². The van der Waals surface area contributed by atoms with Crippen LogP contribution >= 0.6 is 0 Å². The highest BCUT2D eigenvalue weighted by Crippen LogP contribution is 2.24. The largest absolute Gasteiger partial charge is 0.326 e. The second-order valence-electron chi connectivity index (χ2n) is 5.40. The monoisotopic (exact) mass is 286 g/mol. The zero-order valence-electron chi connectivity index (χ0n) is 12.6. The second-order valence-corrected chi connectivity index (χ2v) is 5.40. The number of carbonyl (C=O) groups is 2. The van der Waals surface area contributed by atoms with E-state index in [-0.39, 0.29) is 17.7 Å². The number of hydrogen-bond acceptors (Lipinski definition) is 2. The van der Waals surface area contributed by atoms with Crippen molar-refractivity contribution in [2.24, 2.45) is 5.92 Å². The first-order chi connectivity index (χ1) is 10.1. The fourth-order valence-electron chi connectivity index (χ4n) is 2.35. The van der Waals surface area contributed by atoms with Crippen LogP contribution in [-0.4, -0.2) is 11.8 Å². The summed E-state index contributed by atoms with van der Waals surface area (Å²) >= 11 is 0. The summed E-state index contributed by atoms with van der Waals surface area (Å²) in [6.07, 6.45) is 7.28. The molecule has 0 saturated heterocycles. The molecule has 0 saturated carbocycles. The molecule has 1 aliphatic carbocycles. The van der Waals surface area contributed by atoms with Crippen molar-refractivity contribution in [3.63, 3.8) is 0 Å². The third kappa shape index (κ3) is 4.18. The highest BCUT2D eigenvalue weighted by atomic mass is 16.2. The van der Waals surface area contributed by atoms with Crippen molar-refractivity contribution < 1.29 is 9.59 Å². The third-order valence-corrected chi connectivity index (χ3v) is 3.74. The van der Waals surface area contributed by atoms with Crippen LogP contribution in [-0.2, 0) is 9.59 Å². The van der Waals surface area contributed by atoms with Crippen LogP contribution in [0.1, 0.15) is 38.2 Å². The summed E-state index contributed by atoms with van der Waals surface area (Å²) in [7, 11) is 0. The molecule has 0 heterocycles. The number of hydrogen-bond donors (Lipinski definition) is 2. The molecule has 0 radical (unpaired) electrons. The van der Waals surface area contributed by atoms with Crippen molar-refractivity contribution in [1.29, 1.82) is 0 Å². The Kier molecular flexibility index (Phi) is 5.14. The van der Waals surface area contributed by atoms with Crippen molar-refractivity contribution in [3.05, 3.63) is 35.9 Å². The van der Waals surface area contributed by atoms with Gasteiger partial charge in [-0.2, -0.15) is 0 Å². The van der Waals surface area contributed by atoms with Gasteiger partial charge in [-0.1, -0.05) is 25.1 Å². The van der Waals surface area contributed by atoms with E-state index < -0.39 is 0 Å². The predicted molar refractivity (Wildman–Crippen MR) is 85.2 cm³/mol. The summed E-state index contributed by atoms with van der Waals surface area (Å²) in [6, 6.07) is 5.57. The van der Waals surface area contributed by atoms with Gasteiger partial charge in [0.15, 0.2) is 0 Å². The van der Waals surface area contributed by atoms with E-state index >= 15 is 0 Å². The Balaban J connectivity index is 2.07. The molecule has 1 aromatic rings. The highest BCUT2D eigenvalue weighted by molar-refractivity contribution is 5.95. The molecule has 1 aromatic carbocycles. The summed E-state index contributed by atoms with van der Waals surface area (Å²) < 4.78 is 0. The van der Waals surface area contributed by atoms with Gasteiger partial charge in [-0.25, -0.2) is 0 Å². The molecule has 2 rings (SSSR count). The van der Waals surface area contributed by atoms with Gasteiger partial charge in [0.05, 0.1) is 0 Å². The van der Waals surface area contributed by atoms with Gasteiger partial charge in [0.1, 0.15) is 0 Å². The number of benzene rings is 1. The van der Waals surface area contributed by atoms with E-state index in [1.54, 1.807) is 0 Å². The van der Waals surface area contributed by atoms with Gasteiger partial charge in [0, 0.05) is 23.7 Å². The average molecular weight is 286 g/mol. The molecule has 0 aromatic heterocycles. The molecule has 4 nitrogen and oxygen atoms in total. The molecule has 112 valence electrons. The zero-order valence-corrected chi connectivity index (χ0v) is 12.6. The van der Waals surface area contributed by atoms with Crippen LogP contribution < -0.4 is 10.6 Å². The summed E-state index contributed by atoms with van der Waals surface area (Å²) in [5.74, 6) is 0.0678. The van der Waals surface area contributed by atoms with Crippen LogP contribution in [0.15, 0.2) is 30.4 Å². The number of aryl methyl sites for hydroxylation is 1. The minimum atomic E-state index is -0.0338. The number of anilines is 2. The van der Waals surface area contributed by atoms with Crippen molar-refractivity contribution >= 4 is 23.2 Å². The summed E-state index contributed by atoms with van der Waals surface area (Å²) in [5.41, 5.74) is 2.47. The normalized spacial score (nSPS) is 17.3. The van der Waals surface area contributed by atoms with Gasteiger partial charge in [0.2, 0.25) is 11.8 Å². The number of allylic oxidation sites excluding steroid dienone is 2. The lowest BCUT2D eigenvalue weighted by atomic mass is 9.93. The van der Waals surface area contributed by atoms with Gasteiger partial charge in [-0.15, -0.1) is 0 Å². The number of amides is 2. The Morgan fingerprint density at radius 3 is 2.71 bits per heavy atom. The van der Waals surface area contributed by atoms with Crippen molar-refractivity contribution in [2.75, 3.05) is 10.6 Å². The smallest absolute Gasteiger partial charge is 0.227 e. The maximum atomic E-state index is 12.3. The molecular formula is C17H22N2O2. The fraction of sp³-hybridized carbons (Fsp3) is 0.412. The Hall–Kier alpha value is -2.10. The number of rotatable bonds is 4. The summed E-state index contributed by atoms with van der Waals surface area (Å²) in [5, 5.41) is 5.80. The summed E-state index contributed by atoms with van der Waals surface area (Å²) in [6.45, 7) is 3.75. The molecule has 0 bridgehead atoms. The van der Waals surface area contributed by atoms with Crippen molar-refractivity contribution in [1.82, 2.24) is 0 Å². The fourth-order valence-corrected chi connectivity index (χ4v) is 2.35. The van der Waals surface area contributed by atoms with E-state index in [0.717, 1.165) is 30.5 Å². The maximum absolute atomic E-state index is 12.3. The molecule has 4 heteroatoms. The maximum Gasteiger partial charge on any atom is 0.227 e. The van der Waals surface area contributed by atoms with Crippen LogP contribution in [0.25, 0.3) is 0 Å². The molecule has 1 unspecified atom stereocenters. The number of carbonyl (C=O) groups excluding carboxylic acids is 2. The standard InChI is InChI=1S/C17H22N2O2/c1-3-16(20)18-14-10-9-12(2)15(11-14)19-17(21)13-7-5-4-6-8-13/h4-5,9-11,13H,3,6-8H2,1-2H3,(H,18,20)(H,19,21). The van der Waals surface area contributed by atoms with Crippen molar-refractivity contribution in [2.45, 2.75) is 39.5 Å². The Labute approximate surface area is 125 Å². The molecule has 1 aliphatic rings. The Bertz CT molecular complexity index is 564. The molecule has 21 heavy (non-hydrogen) atoms. The highest BCUT2D eigenvalue weighted by Gasteiger charge is 2.19. The lowest BCUT2D eigenvalue weighted by molar-refractivity contribution is -0.120. The third-order valence-electron chi connectivity index (χ3n) is 3.74. The van der Waals surface area contributed by atoms with E-state index in [4.69, 9.17) is 0 Å². The Morgan fingerprint density at radius 1 is 1.24 bits per heavy atom. The van der Waals surface area contributed by atoms with Gasteiger partial charge in [0.25, 0.3) is 0 Å². The van der Waals surface area contributed by atoms with Gasteiger partial charge in [-0.05, 0) is 43.9 Å². The van der Waals surface area contributed by atoms with Crippen LogP contribution in [0.5, 0.6) is 0 Å². The Morgan fingerprint density at radius 2 is 2.05 bits per heavy atom. The molecule has 0 aliphatic heterocycles.